The fourth-order valence-electron chi connectivity index (χ4n) is 4.24. The van der Waals surface area contributed by atoms with Crippen molar-refractivity contribution in [2.75, 3.05) is 26.8 Å². The number of methoxy groups -OCH3 is 1. The largest absolute Gasteiger partial charge is 0.493 e. The van der Waals surface area contributed by atoms with Crippen molar-refractivity contribution in [2.45, 2.75) is 38.6 Å². The van der Waals surface area contributed by atoms with Crippen LogP contribution in [0.25, 0.3) is 16.5 Å². The number of fused-ring (bicyclic) bond motifs is 1. The summed E-state index contributed by atoms with van der Waals surface area (Å²) in [5.74, 6) is 1.16. The Hall–Kier alpha value is -2.86. The highest BCUT2D eigenvalue weighted by atomic mass is 19.1. The molecule has 2 heterocycles. The van der Waals surface area contributed by atoms with Crippen LogP contribution in [0.15, 0.2) is 47.5 Å². The quantitative estimate of drug-likeness (QED) is 0.415. The molecule has 31 heavy (non-hydrogen) atoms. The van der Waals surface area contributed by atoms with E-state index in [1.165, 1.54) is 12.1 Å². The maximum atomic E-state index is 13.5. The van der Waals surface area contributed by atoms with E-state index >= 15 is 0 Å². The summed E-state index contributed by atoms with van der Waals surface area (Å²) in [6.07, 6.45) is 4.22. The monoisotopic (exact) mass is 424 g/mol. The third-order valence-electron chi connectivity index (χ3n) is 5.89. The number of piperidine rings is 1. The summed E-state index contributed by atoms with van der Waals surface area (Å²) in [6.45, 7) is 8.45. The van der Waals surface area contributed by atoms with Crippen LogP contribution in [0.1, 0.15) is 49.9 Å². The first-order valence-corrected chi connectivity index (χ1v) is 10.8. The molecule has 0 aliphatic carbocycles. The molecule has 6 heteroatoms. The molecule has 1 aromatic heterocycles. The van der Waals surface area contributed by atoms with Gasteiger partial charge in [0.2, 0.25) is 0 Å². The summed E-state index contributed by atoms with van der Waals surface area (Å²) in [6, 6.07) is 10.7. The van der Waals surface area contributed by atoms with E-state index in [2.05, 4.69) is 16.6 Å². The van der Waals surface area contributed by atoms with Gasteiger partial charge in [-0.25, -0.2) is 4.39 Å². The number of benzene rings is 2. The van der Waals surface area contributed by atoms with E-state index in [1.54, 1.807) is 13.2 Å². The van der Waals surface area contributed by atoms with E-state index in [0.717, 1.165) is 72.5 Å². The summed E-state index contributed by atoms with van der Waals surface area (Å²) in [5, 5.41) is 5.19. The summed E-state index contributed by atoms with van der Waals surface area (Å²) in [7, 11) is 1.65. The van der Waals surface area contributed by atoms with Crippen molar-refractivity contribution in [2.24, 2.45) is 0 Å². The Morgan fingerprint density at radius 2 is 2.10 bits per heavy atom. The molecular weight excluding hydrogens is 395 g/mol. The molecule has 0 bridgehead atoms. The third-order valence-corrected chi connectivity index (χ3v) is 5.89. The zero-order chi connectivity index (χ0) is 21.8. The molecule has 1 aliphatic heterocycles. The Morgan fingerprint density at radius 1 is 1.23 bits per heavy atom. The van der Waals surface area contributed by atoms with Crippen LogP contribution in [-0.2, 0) is 0 Å². The number of allylic oxidation sites excluding steroid dienone is 1. The van der Waals surface area contributed by atoms with E-state index in [4.69, 9.17) is 14.0 Å². The number of hydrogen-bond donors (Lipinski definition) is 0. The minimum atomic E-state index is -0.306. The first-order chi connectivity index (χ1) is 15.1. The molecule has 4 rings (SSSR count). The van der Waals surface area contributed by atoms with Crippen LogP contribution in [0.4, 0.5) is 4.39 Å². The first kappa shape index (κ1) is 21.4. The maximum absolute atomic E-state index is 13.5. The lowest BCUT2D eigenvalue weighted by Crippen LogP contribution is -2.35. The summed E-state index contributed by atoms with van der Waals surface area (Å²) in [4.78, 5) is 2.44. The van der Waals surface area contributed by atoms with Crippen LogP contribution < -0.4 is 9.47 Å². The first-order valence-electron chi connectivity index (χ1n) is 10.8. The van der Waals surface area contributed by atoms with E-state index in [-0.39, 0.29) is 11.9 Å². The van der Waals surface area contributed by atoms with Crippen LogP contribution in [0.2, 0.25) is 0 Å². The fraction of sp³-hybridized carbons (Fsp3) is 0.400. The number of aromatic nitrogens is 1. The van der Waals surface area contributed by atoms with E-state index in [9.17, 15) is 4.39 Å². The standard InChI is InChI=1S/C25H29FN2O3/c1-17(2)18-8-11-22(24(15-18)29-3)30-14-6-13-28-12-5-4-7-21(28)25-20-10-9-19(26)16-23(20)31-27-25/h8-11,15-16,21H,1,4-7,12-14H2,2-3H3. The molecule has 0 radical (unpaired) electrons. The Morgan fingerprint density at radius 3 is 2.90 bits per heavy atom. The molecule has 0 saturated carbocycles. The highest BCUT2D eigenvalue weighted by Gasteiger charge is 2.28. The Bertz CT molecular complexity index is 1060. The van der Waals surface area contributed by atoms with E-state index in [1.807, 2.05) is 25.1 Å². The molecule has 0 spiro atoms. The third kappa shape index (κ3) is 4.74. The molecule has 1 saturated heterocycles. The molecule has 1 aliphatic rings. The van der Waals surface area contributed by atoms with E-state index in [0.29, 0.717) is 12.2 Å². The predicted octanol–water partition coefficient (Wildman–Crippen LogP) is 6.00. The lowest BCUT2D eigenvalue weighted by molar-refractivity contribution is 0.132. The molecular formula is C25H29FN2O3. The van der Waals surface area contributed by atoms with E-state index < -0.39 is 0 Å². The molecule has 5 nitrogen and oxygen atoms in total. The topological polar surface area (TPSA) is 47.7 Å². The van der Waals surface area contributed by atoms with Crippen molar-refractivity contribution in [3.63, 3.8) is 0 Å². The Balaban J connectivity index is 1.39. The van der Waals surface area contributed by atoms with Gasteiger partial charge in [0.1, 0.15) is 11.5 Å². The molecule has 164 valence electrons. The summed E-state index contributed by atoms with van der Waals surface area (Å²) >= 11 is 0. The van der Waals surface area contributed by atoms with Gasteiger partial charge in [-0.1, -0.05) is 29.8 Å². The molecule has 3 aromatic rings. The van der Waals surface area contributed by atoms with Gasteiger partial charge in [-0.3, -0.25) is 4.90 Å². The van der Waals surface area contributed by atoms with Crippen molar-refractivity contribution in [3.05, 3.63) is 60.1 Å². The van der Waals surface area contributed by atoms with Crippen LogP contribution >= 0.6 is 0 Å². The SMILES string of the molecule is C=C(C)c1ccc(OCCCN2CCCCC2c2noc3cc(F)ccc23)c(OC)c1. The lowest BCUT2D eigenvalue weighted by Gasteiger charge is -2.34. The summed E-state index contributed by atoms with van der Waals surface area (Å²) in [5.41, 5.74) is 3.45. The zero-order valence-corrected chi connectivity index (χ0v) is 18.2. The minimum absolute atomic E-state index is 0.185. The smallest absolute Gasteiger partial charge is 0.170 e. The van der Waals surface area contributed by atoms with Crippen molar-refractivity contribution in [3.8, 4) is 11.5 Å². The van der Waals surface area contributed by atoms with Crippen LogP contribution in [-0.4, -0.2) is 36.9 Å². The molecule has 1 atom stereocenters. The van der Waals surface area contributed by atoms with Gasteiger partial charge in [0.15, 0.2) is 17.1 Å². The molecule has 1 fully saturated rings. The van der Waals surface area contributed by atoms with Gasteiger partial charge in [-0.05, 0) is 62.6 Å². The second-order valence-corrected chi connectivity index (χ2v) is 8.10. The van der Waals surface area contributed by atoms with Gasteiger partial charge in [-0.15, -0.1) is 0 Å². The molecule has 1 unspecified atom stereocenters. The van der Waals surface area contributed by atoms with Crippen LogP contribution in [0, 0.1) is 5.82 Å². The highest BCUT2D eigenvalue weighted by molar-refractivity contribution is 5.79. The number of rotatable bonds is 8. The number of hydrogen-bond acceptors (Lipinski definition) is 5. The number of likely N-dealkylation sites (tertiary alicyclic amines) is 1. The average Bonchev–Trinajstić information content (AvgIpc) is 3.19. The number of ether oxygens (including phenoxy) is 2. The normalized spacial score (nSPS) is 17.1. The predicted molar refractivity (Wildman–Crippen MR) is 120 cm³/mol. The maximum Gasteiger partial charge on any atom is 0.170 e. The number of nitrogens with zero attached hydrogens (tertiary/aromatic N) is 2. The minimum Gasteiger partial charge on any atom is -0.493 e. The van der Waals surface area contributed by atoms with Gasteiger partial charge in [0.25, 0.3) is 0 Å². The average molecular weight is 425 g/mol. The van der Waals surface area contributed by atoms with Crippen LogP contribution in [0.3, 0.4) is 0 Å². The van der Waals surface area contributed by atoms with Crippen molar-refractivity contribution in [1.82, 2.24) is 10.1 Å². The van der Waals surface area contributed by atoms with Gasteiger partial charge < -0.3 is 14.0 Å². The Kier molecular flexibility index (Phi) is 6.56. The highest BCUT2D eigenvalue weighted by Crippen LogP contribution is 2.35. The van der Waals surface area contributed by atoms with Gasteiger partial charge >= 0.3 is 0 Å². The number of halogens is 1. The fourth-order valence-corrected chi connectivity index (χ4v) is 4.24. The molecule has 2 aromatic carbocycles. The molecule has 0 N–H and O–H groups in total. The van der Waals surface area contributed by atoms with Crippen molar-refractivity contribution >= 4 is 16.5 Å². The summed E-state index contributed by atoms with van der Waals surface area (Å²) < 4.78 is 30.4. The lowest BCUT2D eigenvalue weighted by atomic mass is 9.97. The Labute approximate surface area is 182 Å². The van der Waals surface area contributed by atoms with Gasteiger partial charge in [-0.2, -0.15) is 0 Å². The second-order valence-electron chi connectivity index (χ2n) is 8.10. The van der Waals surface area contributed by atoms with Crippen molar-refractivity contribution in [1.29, 1.82) is 0 Å². The van der Waals surface area contributed by atoms with Crippen molar-refractivity contribution < 1.29 is 18.4 Å². The zero-order valence-electron chi connectivity index (χ0n) is 18.2. The van der Waals surface area contributed by atoms with Crippen LogP contribution in [0.5, 0.6) is 11.5 Å². The van der Waals surface area contributed by atoms with Gasteiger partial charge in [0.05, 0.1) is 19.8 Å². The van der Waals surface area contributed by atoms with Gasteiger partial charge in [0, 0.05) is 18.0 Å². The second kappa shape index (κ2) is 9.52. The molecule has 0 amide bonds.